The second-order valence-corrected chi connectivity index (χ2v) is 5.07. The number of nitrogens with zero attached hydrogens (tertiary/aromatic N) is 1. The molecule has 0 bridgehead atoms. The molecule has 3 nitrogen and oxygen atoms in total. The Balaban J connectivity index is 0.00000200. The zero-order chi connectivity index (χ0) is 13.9. The van der Waals surface area contributed by atoms with E-state index in [0.29, 0.717) is 11.7 Å². The SMILES string of the molecule is Cl.Nc1ncc(CNCc2ccccc2C(F)(F)F)s1. The third-order valence-electron chi connectivity index (χ3n) is 2.51. The molecule has 110 valence electrons. The highest BCUT2D eigenvalue weighted by Crippen LogP contribution is 2.31. The van der Waals surface area contributed by atoms with Crippen molar-refractivity contribution >= 4 is 28.9 Å². The molecule has 0 amide bonds. The van der Waals surface area contributed by atoms with E-state index in [1.165, 1.54) is 23.5 Å². The third-order valence-corrected chi connectivity index (χ3v) is 3.34. The van der Waals surface area contributed by atoms with Crippen LogP contribution in [0.1, 0.15) is 16.0 Å². The number of nitrogens with two attached hydrogens (primary N) is 1. The highest BCUT2D eigenvalue weighted by molar-refractivity contribution is 7.15. The van der Waals surface area contributed by atoms with E-state index < -0.39 is 11.7 Å². The summed E-state index contributed by atoms with van der Waals surface area (Å²) in [6, 6.07) is 5.53. The standard InChI is InChI=1S/C12H12F3N3S.ClH/c13-12(14,15)10-4-2-1-3-8(10)5-17-6-9-7-18-11(16)19-9;/h1-4,7,17H,5-6H2,(H2,16,18);1H. The minimum atomic E-state index is -4.33. The number of hydrogen-bond acceptors (Lipinski definition) is 4. The molecule has 1 heterocycles. The van der Waals surface area contributed by atoms with Gasteiger partial charge in [-0.3, -0.25) is 0 Å². The van der Waals surface area contributed by atoms with Crippen molar-refractivity contribution in [3.05, 3.63) is 46.5 Å². The Labute approximate surface area is 124 Å². The molecule has 8 heteroatoms. The summed E-state index contributed by atoms with van der Waals surface area (Å²) >= 11 is 1.31. The van der Waals surface area contributed by atoms with E-state index in [0.717, 1.165) is 10.9 Å². The molecule has 1 aromatic carbocycles. The number of rotatable bonds is 4. The van der Waals surface area contributed by atoms with Crippen LogP contribution in [-0.4, -0.2) is 4.98 Å². The van der Waals surface area contributed by atoms with Gasteiger partial charge < -0.3 is 11.1 Å². The lowest BCUT2D eigenvalue weighted by molar-refractivity contribution is -0.138. The van der Waals surface area contributed by atoms with Crippen LogP contribution < -0.4 is 11.1 Å². The molecule has 0 aliphatic heterocycles. The van der Waals surface area contributed by atoms with Crippen molar-refractivity contribution < 1.29 is 13.2 Å². The second-order valence-electron chi connectivity index (χ2n) is 3.92. The lowest BCUT2D eigenvalue weighted by Gasteiger charge is -2.12. The van der Waals surface area contributed by atoms with Gasteiger partial charge in [0.1, 0.15) is 0 Å². The summed E-state index contributed by atoms with van der Waals surface area (Å²) in [5.41, 5.74) is 5.10. The largest absolute Gasteiger partial charge is 0.416 e. The fourth-order valence-corrected chi connectivity index (χ4v) is 2.33. The smallest absolute Gasteiger partial charge is 0.375 e. The molecule has 0 radical (unpaired) electrons. The van der Waals surface area contributed by atoms with E-state index in [-0.39, 0.29) is 24.5 Å². The van der Waals surface area contributed by atoms with E-state index in [4.69, 9.17) is 5.73 Å². The lowest BCUT2D eigenvalue weighted by Crippen LogP contribution is -2.16. The summed E-state index contributed by atoms with van der Waals surface area (Å²) in [4.78, 5) is 4.77. The number of anilines is 1. The van der Waals surface area contributed by atoms with E-state index in [1.54, 1.807) is 12.3 Å². The Bertz CT molecular complexity index is 557. The predicted octanol–water partition coefficient (Wildman–Crippen LogP) is 3.46. The predicted molar refractivity (Wildman–Crippen MR) is 75.8 cm³/mol. The van der Waals surface area contributed by atoms with Crippen LogP contribution in [0.15, 0.2) is 30.5 Å². The van der Waals surface area contributed by atoms with Crippen LogP contribution in [0.2, 0.25) is 0 Å². The molecule has 0 saturated carbocycles. The zero-order valence-electron chi connectivity index (χ0n) is 10.3. The first-order valence-corrected chi connectivity index (χ1v) is 6.34. The molecule has 0 fully saturated rings. The number of benzene rings is 1. The number of nitrogen functional groups attached to an aromatic ring is 1. The molecule has 2 aromatic rings. The lowest BCUT2D eigenvalue weighted by atomic mass is 10.1. The maximum Gasteiger partial charge on any atom is 0.416 e. The zero-order valence-corrected chi connectivity index (χ0v) is 11.9. The van der Waals surface area contributed by atoms with Crippen LogP contribution in [0.4, 0.5) is 18.3 Å². The normalized spacial score (nSPS) is 11.2. The van der Waals surface area contributed by atoms with Crippen LogP contribution in [0.25, 0.3) is 0 Å². The van der Waals surface area contributed by atoms with Crippen molar-refractivity contribution in [2.24, 2.45) is 0 Å². The van der Waals surface area contributed by atoms with Crippen LogP contribution in [0.5, 0.6) is 0 Å². The summed E-state index contributed by atoms with van der Waals surface area (Å²) in [6.45, 7) is 0.592. The molecule has 20 heavy (non-hydrogen) atoms. The third kappa shape index (κ3) is 4.36. The van der Waals surface area contributed by atoms with Crippen molar-refractivity contribution in [1.82, 2.24) is 10.3 Å². The van der Waals surface area contributed by atoms with Crippen LogP contribution in [-0.2, 0) is 19.3 Å². The molecular formula is C12H13ClF3N3S. The summed E-state index contributed by atoms with van der Waals surface area (Å²) in [7, 11) is 0. The topological polar surface area (TPSA) is 50.9 Å². The quantitative estimate of drug-likeness (QED) is 0.906. The van der Waals surface area contributed by atoms with Gasteiger partial charge in [-0.25, -0.2) is 4.98 Å². The van der Waals surface area contributed by atoms with Crippen molar-refractivity contribution in [1.29, 1.82) is 0 Å². The van der Waals surface area contributed by atoms with Gasteiger partial charge in [-0.15, -0.1) is 23.7 Å². The van der Waals surface area contributed by atoms with Crippen molar-refractivity contribution in [3.63, 3.8) is 0 Å². The second kappa shape index (κ2) is 6.92. The maximum absolute atomic E-state index is 12.7. The minimum absolute atomic E-state index is 0. The Morgan fingerprint density at radius 2 is 1.90 bits per heavy atom. The first-order valence-electron chi connectivity index (χ1n) is 5.53. The minimum Gasteiger partial charge on any atom is -0.375 e. The number of halogens is 4. The molecule has 0 aliphatic rings. The van der Waals surface area contributed by atoms with Gasteiger partial charge in [0.2, 0.25) is 0 Å². The first-order chi connectivity index (χ1) is 8.97. The molecule has 0 aliphatic carbocycles. The molecule has 0 atom stereocenters. The first kappa shape index (κ1) is 16.7. The highest BCUT2D eigenvalue weighted by Gasteiger charge is 2.32. The fraction of sp³-hybridized carbons (Fsp3) is 0.250. The fourth-order valence-electron chi connectivity index (χ4n) is 1.68. The molecule has 0 spiro atoms. The van der Waals surface area contributed by atoms with Crippen LogP contribution in [0.3, 0.4) is 0 Å². The van der Waals surface area contributed by atoms with Crippen molar-refractivity contribution in [2.45, 2.75) is 19.3 Å². The average Bonchev–Trinajstić information content (AvgIpc) is 2.74. The molecule has 3 N–H and O–H groups in total. The van der Waals surface area contributed by atoms with E-state index >= 15 is 0 Å². The van der Waals surface area contributed by atoms with Crippen LogP contribution >= 0.6 is 23.7 Å². The van der Waals surface area contributed by atoms with E-state index in [9.17, 15) is 13.2 Å². The number of thiazole rings is 1. The van der Waals surface area contributed by atoms with Gasteiger partial charge in [-0.1, -0.05) is 18.2 Å². The van der Waals surface area contributed by atoms with Crippen LogP contribution in [0, 0.1) is 0 Å². The summed E-state index contributed by atoms with van der Waals surface area (Å²) < 4.78 is 38.2. The van der Waals surface area contributed by atoms with Gasteiger partial charge in [-0.05, 0) is 11.6 Å². The Morgan fingerprint density at radius 1 is 1.20 bits per heavy atom. The monoisotopic (exact) mass is 323 g/mol. The Kier molecular flexibility index (Phi) is 5.79. The van der Waals surface area contributed by atoms with E-state index in [2.05, 4.69) is 10.3 Å². The van der Waals surface area contributed by atoms with Gasteiger partial charge in [-0.2, -0.15) is 13.2 Å². The van der Waals surface area contributed by atoms with Gasteiger partial charge in [0, 0.05) is 24.2 Å². The molecule has 0 saturated heterocycles. The van der Waals surface area contributed by atoms with Crippen molar-refractivity contribution in [2.75, 3.05) is 5.73 Å². The number of alkyl halides is 3. The Morgan fingerprint density at radius 3 is 2.50 bits per heavy atom. The van der Waals surface area contributed by atoms with Gasteiger partial charge >= 0.3 is 6.18 Å². The summed E-state index contributed by atoms with van der Waals surface area (Å²) in [6.07, 6.45) is -2.71. The number of nitrogens with one attached hydrogen (secondary N) is 1. The number of aromatic nitrogens is 1. The molecule has 1 aromatic heterocycles. The molecule has 2 rings (SSSR count). The highest BCUT2D eigenvalue weighted by atomic mass is 35.5. The van der Waals surface area contributed by atoms with E-state index in [1.807, 2.05) is 0 Å². The summed E-state index contributed by atoms with van der Waals surface area (Å²) in [5.74, 6) is 0. The van der Waals surface area contributed by atoms with Gasteiger partial charge in [0.15, 0.2) is 5.13 Å². The number of hydrogen-bond donors (Lipinski definition) is 2. The van der Waals surface area contributed by atoms with Crippen molar-refractivity contribution in [3.8, 4) is 0 Å². The van der Waals surface area contributed by atoms with Gasteiger partial charge in [0.05, 0.1) is 5.56 Å². The molecular weight excluding hydrogens is 311 g/mol. The Hall–Kier alpha value is -1.31. The maximum atomic E-state index is 12.7. The molecule has 0 unspecified atom stereocenters. The van der Waals surface area contributed by atoms with Gasteiger partial charge in [0.25, 0.3) is 0 Å². The average molecular weight is 324 g/mol. The summed E-state index contributed by atoms with van der Waals surface area (Å²) in [5, 5.41) is 3.41.